The molecule has 184 valence electrons. The average Bonchev–Trinajstić information content (AvgIpc) is 2.77. The van der Waals surface area contributed by atoms with Crippen molar-refractivity contribution in [2.75, 3.05) is 12.4 Å². The molecule has 0 aliphatic carbocycles. The second-order valence-corrected chi connectivity index (χ2v) is 10.8. The summed E-state index contributed by atoms with van der Waals surface area (Å²) in [6.45, 7) is 7.27. The van der Waals surface area contributed by atoms with Gasteiger partial charge in [0.25, 0.3) is 5.91 Å². The Hall–Kier alpha value is -2.84. The predicted octanol–water partition coefficient (Wildman–Crippen LogP) is 7.40. The highest BCUT2D eigenvalue weighted by Gasteiger charge is 2.29. The van der Waals surface area contributed by atoms with Crippen LogP contribution in [-0.4, -0.2) is 24.7 Å². The molecule has 0 aliphatic rings. The molecule has 0 fully saturated rings. The molecule has 6 nitrogen and oxygen atoms in total. The Balaban J connectivity index is 1.90. The van der Waals surface area contributed by atoms with Crippen LogP contribution in [0.4, 0.5) is 10.5 Å². The quantitative estimate of drug-likeness (QED) is 0.308. The molecular formula is C27H28Br2N2O4. The van der Waals surface area contributed by atoms with Crippen molar-refractivity contribution in [2.24, 2.45) is 0 Å². The summed E-state index contributed by atoms with van der Waals surface area (Å²) in [5.41, 5.74) is 3.53. The number of methoxy groups -OCH3 is 1. The molecule has 0 heterocycles. The van der Waals surface area contributed by atoms with Crippen molar-refractivity contribution in [3.63, 3.8) is 0 Å². The van der Waals surface area contributed by atoms with Crippen LogP contribution in [0, 0.1) is 6.92 Å². The monoisotopic (exact) mass is 602 g/mol. The lowest BCUT2D eigenvalue weighted by molar-refractivity contribution is -0.118. The van der Waals surface area contributed by atoms with Crippen LogP contribution in [0.2, 0.25) is 0 Å². The van der Waals surface area contributed by atoms with Crippen LogP contribution in [0.15, 0.2) is 69.6 Å². The summed E-state index contributed by atoms with van der Waals surface area (Å²) in [5, 5.41) is 5.61. The predicted molar refractivity (Wildman–Crippen MR) is 146 cm³/mol. The fourth-order valence-electron chi connectivity index (χ4n) is 3.55. The molecule has 3 rings (SSSR count). The van der Waals surface area contributed by atoms with Crippen molar-refractivity contribution in [1.29, 1.82) is 0 Å². The molecule has 0 bridgehead atoms. The first-order valence-electron chi connectivity index (χ1n) is 11.0. The van der Waals surface area contributed by atoms with Crippen molar-refractivity contribution in [3.8, 4) is 16.9 Å². The third-order valence-corrected chi connectivity index (χ3v) is 6.10. The Bertz CT molecular complexity index is 1220. The summed E-state index contributed by atoms with van der Waals surface area (Å²) >= 11 is 6.89. The van der Waals surface area contributed by atoms with E-state index in [1.54, 1.807) is 39.0 Å². The number of carbonyl (C=O) groups is 2. The molecule has 1 atom stereocenters. The van der Waals surface area contributed by atoms with Gasteiger partial charge in [-0.15, -0.1) is 0 Å². The van der Waals surface area contributed by atoms with E-state index in [1.165, 1.54) is 7.11 Å². The number of nitrogens with one attached hydrogen (secondary N) is 2. The lowest BCUT2D eigenvalue weighted by Crippen LogP contribution is -2.40. The number of amides is 2. The van der Waals surface area contributed by atoms with E-state index in [9.17, 15) is 9.59 Å². The molecule has 0 saturated carbocycles. The van der Waals surface area contributed by atoms with Gasteiger partial charge >= 0.3 is 6.09 Å². The number of alkyl carbamates (subject to hydrolysis) is 1. The maximum atomic E-state index is 13.4. The highest BCUT2D eigenvalue weighted by atomic mass is 79.9. The summed E-state index contributed by atoms with van der Waals surface area (Å²) in [5.74, 6) is 0.0363. The SMILES string of the molecule is COc1ccc(Br)cc1C(NC(=O)OC(C)(C)C)C(=O)Nc1ccc(-c2ccc(Br)cc2)c(C)c1. The number of aryl methyl sites for hydroxylation is 1. The summed E-state index contributed by atoms with van der Waals surface area (Å²) in [6, 6.07) is 18.0. The largest absolute Gasteiger partial charge is 0.496 e. The number of rotatable bonds is 6. The summed E-state index contributed by atoms with van der Waals surface area (Å²) in [7, 11) is 1.51. The standard InChI is InChI=1S/C27H28Br2N2O4/c1-16-14-20(11-12-21(16)17-6-8-18(28)9-7-17)30-25(32)24(31-26(33)35-27(2,3)4)22-15-19(29)10-13-23(22)34-5/h6-15,24H,1-5H3,(H,30,32)(H,31,33). The number of carbonyl (C=O) groups excluding carboxylic acids is 2. The van der Waals surface area contributed by atoms with Gasteiger partial charge < -0.3 is 20.1 Å². The van der Waals surface area contributed by atoms with Crippen molar-refractivity contribution >= 4 is 49.5 Å². The van der Waals surface area contributed by atoms with Gasteiger partial charge in [0.2, 0.25) is 0 Å². The van der Waals surface area contributed by atoms with E-state index in [0.29, 0.717) is 17.0 Å². The Labute approximate surface area is 222 Å². The first-order chi connectivity index (χ1) is 16.5. The molecular weight excluding hydrogens is 576 g/mol. The molecule has 3 aromatic rings. The fraction of sp³-hybridized carbons (Fsp3) is 0.259. The molecule has 1 unspecified atom stereocenters. The zero-order valence-electron chi connectivity index (χ0n) is 20.2. The van der Waals surface area contributed by atoms with E-state index in [4.69, 9.17) is 9.47 Å². The molecule has 0 saturated heterocycles. The van der Waals surface area contributed by atoms with Gasteiger partial charge in [-0.1, -0.05) is 50.1 Å². The van der Waals surface area contributed by atoms with Gasteiger partial charge in [-0.2, -0.15) is 0 Å². The Morgan fingerprint density at radius 1 is 0.914 bits per heavy atom. The minimum absolute atomic E-state index is 0.428. The summed E-state index contributed by atoms with van der Waals surface area (Å²) in [6.07, 6.45) is -0.707. The fourth-order valence-corrected chi connectivity index (χ4v) is 4.19. The highest BCUT2D eigenvalue weighted by Crippen LogP contribution is 2.31. The van der Waals surface area contributed by atoms with Crippen molar-refractivity contribution in [2.45, 2.75) is 39.3 Å². The van der Waals surface area contributed by atoms with Crippen molar-refractivity contribution in [3.05, 3.63) is 80.7 Å². The molecule has 8 heteroatoms. The maximum absolute atomic E-state index is 13.4. The molecule has 0 aliphatic heterocycles. The van der Waals surface area contributed by atoms with Gasteiger partial charge in [0.1, 0.15) is 17.4 Å². The summed E-state index contributed by atoms with van der Waals surface area (Å²) < 4.78 is 12.6. The van der Waals surface area contributed by atoms with Gasteiger partial charge in [0.15, 0.2) is 0 Å². The highest BCUT2D eigenvalue weighted by molar-refractivity contribution is 9.10. The molecule has 0 radical (unpaired) electrons. The van der Waals surface area contributed by atoms with Crippen LogP contribution in [0.1, 0.15) is 37.9 Å². The number of benzene rings is 3. The van der Waals surface area contributed by atoms with Crippen LogP contribution < -0.4 is 15.4 Å². The van der Waals surface area contributed by atoms with E-state index >= 15 is 0 Å². The second kappa shape index (κ2) is 11.3. The average molecular weight is 604 g/mol. The maximum Gasteiger partial charge on any atom is 0.408 e. The molecule has 2 N–H and O–H groups in total. The van der Waals surface area contributed by atoms with Gasteiger partial charge in [0, 0.05) is 20.2 Å². The van der Waals surface area contributed by atoms with E-state index in [-0.39, 0.29) is 0 Å². The number of halogens is 2. The van der Waals surface area contributed by atoms with Crippen LogP contribution in [0.3, 0.4) is 0 Å². The second-order valence-electron chi connectivity index (χ2n) is 8.99. The van der Waals surface area contributed by atoms with Gasteiger partial charge in [-0.05, 0) is 86.8 Å². The minimum atomic E-state index is -1.05. The van der Waals surface area contributed by atoms with Crippen LogP contribution >= 0.6 is 31.9 Å². The van der Waals surface area contributed by atoms with Crippen molar-refractivity contribution < 1.29 is 19.1 Å². The lowest BCUT2D eigenvalue weighted by Gasteiger charge is -2.24. The van der Waals surface area contributed by atoms with Gasteiger partial charge in [0.05, 0.1) is 7.11 Å². The van der Waals surface area contributed by atoms with E-state index in [2.05, 4.69) is 42.5 Å². The number of anilines is 1. The number of hydrogen-bond donors (Lipinski definition) is 2. The molecule has 0 spiro atoms. The number of hydrogen-bond acceptors (Lipinski definition) is 4. The zero-order chi connectivity index (χ0) is 25.8. The zero-order valence-corrected chi connectivity index (χ0v) is 23.4. The van der Waals surface area contributed by atoms with E-state index in [1.807, 2.05) is 49.4 Å². The minimum Gasteiger partial charge on any atom is -0.496 e. The molecule has 3 aromatic carbocycles. The van der Waals surface area contributed by atoms with Crippen LogP contribution in [0.5, 0.6) is 5.75 Å². The Morgan fingerprint density at radius 3 is 2.17 bits per heavy atom. The topological polar surface area (TPSA) is 76.7 Å². The van der Waals surface area contributed by atoms with Gasteiger partial charge in [-0.3, -0.25) is 4.79 Å². The molecule has 35 heavy (non-hydrogen) atoms. The van der Waals surface area contributed by atoms with Crippen molar-refractivity contribution in [1.82, 2.24) is 5.32 Å². The molecule has 0 aromatic heterocycles. The smallest absolute Gasteiger partial charge is 0.408 e. The molecule has 2 amide bonds. The lowest BCUT2D eigenvalue weighted by atomic mass is 10.00. The third kappa shape index (κ3) is 7.32. The first-order valence-corrected chi connectivity index (χ1v) is 12.6. The summed E-state index contributed by atoms with van der Waals surface area (Å²) in [4.78, 5) is 26.0. The van der Waals surface area contributed by atoms with Crippen LogP contribution in [0.25, 0.3) is 11.1 Å². The van der Waals surface area contributed by atoms with E-state index in [0.717, 1.165) is 25.6 Å². The Morgan fingerprint density at radius 2 is 1.57 bits per heavy atom. The first kappa shape index (κ1) is 26.8. The van der Waals surface area contributed by atoms with Crippen LogP contribution in [-0.2, 0) is 9.53 Å². The third-order valence-electron chi connectivity index (χ3n) is 5.08. The normalized spacial score (nSPS) is 12.0. The Kier molecular flexibility index (Phi) is 8.61. The number of ether oxygens (including phenoxy) is 2. The van der Waals surface area contributed by atoms with E-state index < -0.39 is 23.6 Å². The van der Waals surface area contributed by atoms with Gasteiger partial charge in [-0.25, -0.2) is 4.79 Å².